The molecule has 1 aliphatic rings. The van der Waals surface area contributed by atoms with Gasteiger partial charge in [0.1, 0.15) is 18.4 Å². The number of likely N-dealkylation sites (tertiary alicyclic amines) is 1. The van der Waals surface area contributed by atoms with E-state index in [9.17, 15) is 4.79 Å². The van der Waals surface area contributed by atoms with Crippen LogP contribution in [0.25, 0.3) is 0 Å². The topological polar surface area (TPSA) is 60.2 Å². The van der Waals surface area contributed by atoms with Gasteiger partial charge in [-0.2, -0.15) is 5.10 Å². The van der Waals surface area contributed by atoms with E-state index in [1.807, 2.05) is 27.8 Å². The van der Waals surface area contributed by atoms with E-state index in [0.717, 1.165) is 43.7 Å². The maximum Gasteiger partial charge on any atom is 0.222 e. The Balaban J connectivity index is 1.56. The normalized spacial score (nSPS) is 18.8. The number of para-hydroxylation sites is 1. The highest BCUT2D eigenvalue weighted by atomic mass is 16.5. The molecule has 0 radical (unpaired) electrons. The summed E-state index contributed by atoms with van der Waals surface area (Å²) in [6, 6.07) is 8.26. The zero-order valence-corrected chi connectivity index (χ0v) is 15.0. The maximum absolute atomic E-state index is 12.7. The molecule has 2 aromatic rings. The summed E-state index contributed by atoms with van der Waals surface area (Å²) >= 11 is 0. The lowest BCUT2D eigenvalue weighted by atomic mass is 9.96. The molecule has 0 bridgehead atoms. The van der Waals surface area contributed by atoms with Crippen LogP contribution in [0, 0.1) is 5.92 Å². The van der Waals surface area contributed by atoms with Gasteiger partial charge in [0.15, 0.2) is 0 Å². The Morgan fingerprint density at radius 1 is 1.40 bits per heavy atom. The first-order chi connectivity index (χ1) is 12.2. The Kier molecular flexibility index (Phi) is 5.68. The number of hydrogen-bond acceptors (Lipinski definition) is 4. The molecule has 0 aliphatic carbocycles. The minimum atomic E-state index is 0.229. The number of methoxy groups -OCH3 is 1. The second-order valence-corrected chi connectivity index (χ2v) is 6.84. The van der Waals surface area contributed by atoms with Crippen molar-refractivity contribution in [2.75, 3.05) is 20.2 Å². The molecule has 0 spiro atoms. The van der Waals surface area contributed by atoms with Crippen molar-refractivity contribution >= 4 is 5.91 Å². The highest BCUT2D eigenvalue weighted by molar-refractivity contribution is 5.76. The molecule has 134 valence electrons. The molecule has 0 unspecified atom stereocenters. The van der Waals surface area contributed by atoms with E-state index < -0.39 is 0 Å². The van der Waals surface area contributed by atoms with Crippen LogP contribution < -0.4 is 4.74 Å². The molecule has 25 heavy (non-hydrogen) atoms. The van der Waals surface area contributed by atoms with Gasteiger partial charge in [0.25, 0.3) is 0 Å². The van der Waals surface area contributed by atoms with Gasteiger partial charge in [0, 0.05) is 19.5 Å². The van der Waals surface area contributed by atoms with Gasteiger partial charge in [0.2, 0.25) is 5.91 Å². The summed E-state index contributed by atoms with van der Waals surface area (Å²) in [6.07, 6.45) is 6.75. The summed E-state index contributed by atoms with van der Waals surface area (Å²) in [5.74, 6) is 1.40. The number of carbonyl (C=O) groups excluding carboxylic acids is 1. The first kappa shape index (κ1) is 17.5. The highest BCUT2D eigenvalue weighted by Gasteiger charge is 2.26. The predicted molar refractivity (Wildman–Crippen MR) is 95.4 cm³/mol. The van der Waals surface area contributed by atoms with Crippen molar-refractivity contribution in [1.82, 2.24) is 19.7 Å². The number of carbonyl (C=O) groups is 1. The van der Waals surface area contributed by atoms with Gasteiger partial charge in [-0.05, 0) is 36.8 Å². The van der Waals surface area contributed by atoms with Crippen molar-refractivity contribution < 1.29 is 9.53 Å². The third-order valence-corrected chi connectivity index (χ3v) is 4.84. The van der Waals surface area contributed by atoms with Gasteiger partial charge in [0.05, 0.1) is 13.2 Å². The van der Waals surface area contributed by atoms with Gasteiger partial charge in [-0.15, -0.1) is 0 Å². The molecule has 1 saturated heterocycles. The first-order valence-electron chi connectivity index (χ1n) is 8.91. The van der Waals surface area contributed by atoms with Crippen molar-refractivity contribution in [1.29, 1.82) is 0 Å². The summed E-state index contributed by atoms with van der Waals surface area (Å²) in [5.41, 5.74) is 1.16. The summed E-state index contributed by atoms with van der Waals surface area (Å²) < 4.78 is 7.28. The Hall–Kier alpha value is -2.37. The molecule has 1 aromatic carbocycles. The summed E-state index contributed by atoms with van der Waals surface area (Å²) in [6.45, 7) is 3.69. The average Bonchev–Trinajstić information content (AvgIpc) is 3.17. The van der Waals surface area contributed by atoms with Crippen LogP contribution >= 0.6 is 0 Å². The van der Waals surface area contributed by atoms with E-state index in [0.29, 0.717) is 6.42 Å². The number of piperidine rings is 1. The van der Waals surface area contributed by atoms with E-state index in [-0.39, 0.29) is 17.9 Å². The molecule has 0 saturated carbocycles. The largest absolute Gasteiger partial charge is 0.496 e. The van der Waals surface area contributed by atoms with Crippen molar-refractivity contribution in [2.45, 2.75) is 38.6 Å². The van der Waals surface area contributed by atoms with Crippen LogP contribution in [0.3, 0.4) is 0 Å². The third kappa shape index (κ3) is 4.38. The lowest BCUT2D eigenvalue weighted by Crippen LogP contribution is -2.41. The molecule has 6 nitrogen and oxygen atoms in total. The van der Waals surface area contributed by atoms with Crippen LogP contribution in [0.1, 0.15) is 37.8 Å². The fraction of sp³-hybridized carbons (Fsp3) is 0.526. The Labute approximate surface area is 148 Å². The minimum absolute atomic E-state index is 0.229. The van der Waals surface area contributed by atoms with Gasteiger partial charge < -0.3 is 9.64 Å². The maximum atomic E-state index is 12.7. The van der Waals surface area contributed by atoms with Crippen LogP contribution in [-0.2, 0) is 11.2 Å². The summed E-state index contributed by atoms with van der Waals surface area (Å²) in [5, 5.41) is 4.22. The smallest absolute Gasteiger partial charge is 0.222 e. The number of ether oxygens (including phenoxy) is 1. The molecule has 1 amide bonds. The molecular weight excluding hydrogens is 316 g/mol. The molecule has 1 fully saturated rings. The number of rotatable bonds is 6. The fourth-order valence-corrected chi connectivity index (χ4v) is 3.55. The highest BCUT2D eigenvalue weighted by Crippen LogP contribution is 2.24. The SMILES string of the molecule is COc1ccccc1C[C@H](C)CC(=O)N1CCC[C@H](n2cncn2)C1. The number of benzene rings is 1. The first-order valence-corrected chi connectivity index (χ1v) is 8.91. The van der Waals surface area contributed by atoms with E-state index in [1.54, 1.807) is 19.8 Å². The lowest BCUT2D eigenvalue weighted by molar-refractivity contribution is -0.133. The molecule has 2 heterocycles. The number of nitrogens with zero attached hydrogens (tertiary/aromatic N) is 4. The zero-order chi connectivity index (χ0) is 17.6. The number of amides is 1. The molecule has 1 aromatic heterocycles. The summed E-state index contributed by atoms with van der Waals surface area (Å²) in [7, 11) is 1.69. The van der Waals surface area contributed by atoms with Crippen LogP contribution in [0.5, 0.6) is 5.75 Å². The Morgan fingerprint density at radius 2 is 2.24 bits per heavy atom. The fourth-order valence-electron chi connectivity index (χ4n) is 3.55. The van der Waals surface area contributed by atoms with Crippen molar-refractivity contribution in [3.8, 4) is 5.75 Å². The molecule has 3 rings (SSSR count). The lowest BCUT2D eigenvalue weighted by Gasteiger charge is -2.33. The Morgan fingerprint density at radius 3 is 3.00 bits per heavy atom. The van der Waals surface area contributed by atoms with E-state index >= 15 is 0 Å². The average molecular weight is 342 g/mol. The van der Waals surface area contributed by atoms with Crippen LogP contribution in [0.15, 0.2) is 36.9 Å². The van der Waals surface area contributed by atoms with E-state index in [1.165, 1.54) is 0 Å². The van der Waals surface area contributed by atoms with Crippen molar-refractivity contribution in [3.63, 3.8) is 0 Å². The van der Waals surface area contributed by atoms with Crippen molar-refractivity contribution in [2.24, 2.45) is 5.92 Å². The summed E-state index contributed by atoms with van der Waals surface area (Å²) in [4.78, 5) is 18.7. The standard InChI is InChI=1S/C19H26N4O2/c1-15(10-16-6-3-4-8-18(16)25-2)11-19(24)22-9-5-7-17(12-22)23-14-20-13-21-23/h3-4,6,8,13-15,17H,5,7,9-12H2,1-2H3/t15-,17-/m0/s1. The van der Waals surface area contributed by atoms with Crippen LogP contribution in [0.2, 0.25) is 0 Å². The molecule has 6 heteroatoms. The van der Waals surface area contributed by atoms with Crippen molar-refractivity contribution in [3.05, 3.63) is 42.5 Å². The molecule has 0 N–H and O–H groups in total. The monoisotopic (exact) mass is 342 g/mol. The van der Waals surface area contributed by atoms with Gasteiger partial charge >= 0.3 is 0 Å². The quantitative estimate of drug-likeness (QED) is 0.810. The Bertz CT molecular complexity index is 686. The molecule has 1 aliphatic heterocycles. The second-order valence-electron chi connectivity index (χ2n) is 6.84. The third-order valence-electron chi connectivity index (χ3n) is 4.84. The number of hydrogen-bond donors (Lipinski definition) is 0. The number of aromatic nitrogens is 3. The van der Waals surface area contributed by atoms with Gasteiger partial charge in [-0.25, -0.2) is 9.67 Å². The second kappa shape index (κ2) is 8.14. The van der Waals surface area contributed by atoms with Crippen LogP contribution in [0.4, 0.5) is 0 Å². The van der Waals surface area contributed by atoms with Gasteiger partial charge in [-0.1, -0.05) is 25.1 Å². The zero-order valence-electron chi connectivity index (χ0n) is 15.0. The predicted octanol–water partition coefficient (Wildman–Crippen LogP) is 2.72. The molecule has 2 atom stereocenters. The van der Waals surface area contributed by atoms with E-state index in [4.69, 9.17) is 4.74 Å². The molecular formula is C19H26N4O2. The van der Waals surface area contributed by atoms with E-state index in [2.05, 4.69) is 23.1 Å². The van der Waals surface area contributed by atoms with Gasteiger partial charge in [-0.3, -0.25) is 4.79 Å². The van der Waals surface area contributed by atoms with Crippen LogP contribution in [-0.4, -0.2) is 45.8 Å². The minimum Gasteiger partial charge on any atom is -0.496 e.